The molecule has 1 aromatic carbocycles. The van der Waals surface area contributed by atoms with Crippen LogP contribution in [0.4, 0.5) is 0 Å². The van der Waals surface area contributed by atoms with Gasteiger partial charge in [0.1, 0.15) is 0 Å². The first-order chi connectivity index (χ1) is 10.4. The summed E-state index contributed by atoms with van der Waals surface area (Å²) < 4.78 is 16.0. The van der Waals surface area contributed by atoms with Crippen molar-refractivity contribution in [2.24, 2.45) is 0 Å². The molecule has 0 atom stereocenters. The molecule has 1 fully saturated rings. The predicted molar refractivity (Wildman–Crippen MR) is 83.3 cm³/mol. The van der Waals surface area contributed by atoms with Gasteiger partial charge < -0.3 is 19.5 Å². The molecule has 1 aliphatic rings. The summed E-state index contributed by atoms with van der Waals surface area (Å²) >= 11 is 0. The van der Waals surface area contributed by atoms with Crippen LogP contribution in [0.1, 0.15) is 30.4 Å². The molecule has 118 valence electrons. The molecule has 21 heavy (non-hydrogen) atoms. The Balaban J connectivity index is 1.49. The first kappa shape index (κ1) is 16.4. The van der Waals surface area contributed by atoms with Gasteiger partial charge in [-0.1, -0.05) is 24.3 Å². The van der Waals surface area contributed by atoms with E-state index in [4.69, 9.17) is 14.2 Å². The van der Waals surface area contributed by atoms with E-state index >= 15 is 0 Å². The van der Waals surface area contributed by atoms with Crippen molar-refractivity contribution in [1.29, 1.82) is 0 Å². The topological polar surface area (TPSA) is 39.7 Å². The molecular weight excluding hydrogens is 266 g/mol. The number of nitrogens with one attached hydrogen (secondary N) is 1. The summed E-state index contributed by atoms with van der Waals surface area (Å²) in [5.74, 6) is 0. The number of hydrogen-bond donors (Lipinski definition) is 1. The number of benzene rings is 1. The fourth-order valence-electron chi connectivity index (χ4n) is 2.02. The number of methoxy groups -OCH3 is 1. The van der Waals surface area contributed by atoms with E-state index in [1.807, 2.05) is 0 Å². The average molecular weight is 293 g/mol. The standard InChI is InChI=1S/C17H27NO3/c1-19-9-2-10-20-11-12-21-14-16-5-3-15(4-6-16)13-18-17-7-8-17/h3-6,17-18H,2,7-14H2,1H3. The van der Waals surface area contributed by atoms with Crippen molar-refractivity contribution in [3.05, 3.63) is 35.4 Å². The van der Waals surface area contributed by atoms with Crippen LogP contribution >= 0.6 is 0 Å². The van der Waals surface area contributed by atoms with Crippen LogP contribution in [-0.4, -0.2) is 39.6 Å². The third-order valence-corrected chi connectivity index (χ3v) is 3.47. The fourth-order valence-corrected chi connectivity index (χ4v) is 2.02. The third kappa shape index (κ3) is 7.58. The number of rotatable bonds is 12. The van der Waals surface area contributed by atoms with Crippen molar-refractivity contribution in [1.82, 2.24) is 5.32 Å². The van der Waals surface area contributed by atoms with Gasteiger partial charge in [0.05, 0.1) is 19.8 Å². The molecule has 1 N–H and O–H groups in total. The summed E-state index contributed by atoms with van der Waals surface area (Å²) in [6, 6.07) is 9.40. The Hall–Kier alpha value is -0.940. The summed E-state index contributed by atoms with van der Waals surface area (Å²) in [6.45, 7) is 4.40. The highest BCUT2D eigenvalue weighted by Crippen LogP contribution is 2.19. The lowest BCUT2D eigenvalue weighted by Crippen LogP contribution is -2.15. The molecule has 0 saturated heterocycles. The van der Waals surface area contributed by atoms with E-state index in [9.17, 15) is 0 Å². The van der Waals surface area contributed by atoms with Crippen LogP contribution in [0.2, 0.25) is 0 Å². The van der Waals surface area contributed by atoms with Crippen LogP contribution in [0, 0.1) is 0 Å². The van der Waals surface area contributed by atoms with Crippen molar-refractivity contribution in [3.63, 3.8) is 0 Å². The van der Waals surface area contributed by atoms with Crippen LogP contribution in [0.25, 0.3) is 0 Å². The highest BCUT2D eigenvalue weighted by molar-refractivity contribution is 5.22. The Bertz CT molecular complexity index is 376. The van der Waals surface area contributed by atoms with Crippen LogP contribution in [0.3, 0.4) is 0 Å². The van der Waals surface area contributed by atoms with E-state index in [0.717, 1.165) is 32.2 Å². The maximum atomic E-state index is 5.60. The zero-order valence-corrected chi connectivity index (χ0v) is 13.0. The normalized spacial score (nSPS) is 14.5. The molecule has 0 heterocycles. The minimum atomic E-state index is 0.637. The lowest BCUT2D eigenvalue weighted by molar-refractivity contribution is 0.0337. The summed E-state index contributed by atoms with van der Waals surface area (Å²) in [6.07, 6.45) is 3.60. The molecule has 2 rings (SSSR count). The number of hydrogen-bond acceptors (Lipinski definition) is 4. The second-order valence-corrected chi connectivity index (χ2v) is 5.48. The molecule has 0 unspecified atom stereocenters. The van der Waals surface area contributed by atoms with E-state index < -0.39 is 0 Å². The minimum Gasteiger partial charge on any atom is -0.385 e. The average Bonchev–Trinajstić information content (AvgIpc) is 3.33. The highest BCUT2D eigenvalue weighted by Gasteiger charge is 2.19. The monoisotopic (exact) mass is 293 g/mol. The quantitative estimate of drug-likeness (QED) is 0.601. The Morgan fingerprint density at radius 2 is 1.67 bits per heavy atom. The predicted octanol–water partition coefficient (Wildman–Crippen LogP) is 2.51. The molecule has 4 nitrogen and oxygen atoms in total. The van der Waals surface area contributed by atoms with Gasteiger partial charge in [0.15, 0.2) is 0 Å². The van der Waals surface area contributed by atoms with Crippen molar-refractivity contribution in [2.45, 2.75) is 38.5 Å². The van der Waals surface area contributed by atoms with Gasteiger partial charge in [-0.2, -0.15) is 0 Å². The highest BCUT2D eigenvalue weighted by atomic mass is 16.5. The molecular formula is C17H27NO3. The van der Waals surface area contributed by atoms with Gasteiger partial charge in [0, 0.05) is 32.9 Å². The molecule has 4 heteroatoms. The molecule has 1 aromatic rings. The van der Waals surface area contributed by atoms with E-state index in [0.29, 0.717) is 19.8 Å². The molecule has 1 saturated carbocycles. The van der Waals surface area contributed by atoms with Crippen molar-refractivity contribution >= 4 is 0 Å². The SMILES string of the molecule is COCCCOCCOCc1ccc(CNC2CC2)cc1. The Labute approximate surface area is 127 Å². The maximum Gasteiger partial charge on any atom is 0.0718 e. The summed E-state index contributed by atoms with van der Waals surface area (Å²) in [5, 5.41) is 3.52. The zero-order chi connectivity index (χ0) is 14.8. The van der Waals surface area contributed by atoms with Gasteiger partial charge >= 0.3 is 0 Å². The summed E-state index contributed by atoms with van der Waals surface area (Å²) in [4.78, 5) is 0. The van der Waals surface area contributed by atoms with Crippen LogP contribution in [-0.2, 0) is 27.4 Å². The second kappa shape index (κ2) is 9.90. The Kier molecular flexibility index (Phi) is 7.75. The molecule has 0 bridgehead atoms. The first-order valence-electron chi connectivity index (χ1n) is 7.84. The lowest BCUT2D eigenvalue weighted by Gasteiger charge is -2.07. The second-order valence-electron chi connectivity index (χ2n) is 5.48. The molecule has 0 radical (unpaired) electrons. The maximum absolute atomic E-state index is 5.60. The summed E-state index contributed by atoms with van der Waals surface area (Å²) in [7, 11) is 1.70. The number of ether oxygens (including phenoxy) is 3. The molecule has 1 aliphatic carbocycles. The third-order valence-electron chi connectivity index (χ3n) is 3.47. The Morgan fingerprint density at radius 3 is 2.38 bits per heavy atom. The fraction of sp³-hybridized carbons (Fsp3) is 0.647. The van der Waals surface area contributed by atoms with Crippen LogP contribution in [0.5, 0.6) is 0 Å². The van der Waals surface area contributed by atoms with Crippen LogP contribution in [0.15, 0.2) is 24.3 Å². The van der Waals surface area contributed by atoms with Crippen molar-refractivity contribution < 1.29 is 14.2 Å². The lowest BCUT2D eigenvalue weighted by atomic mass is 10.1. The summed E-state index contributed by atoms with van der Waals surface area (Å²) in [5.41, 5.74) is 2.55. The molecule has 0 aromatic heterocycles. The van der Waals surface area contributed by atoms with Gasteiger partial charge in [0.25, 0.3) is 0 Å². The van der Waals surface area contributed by atoms with Gasteiger partial charge in [-0.05, 0) is 30.4 Å². The van der Waals surface area contributed by atoms with Crippen molar-refractivity contribution in [3.8, 4) is 0 Å². The van der Waals surface area contributed by atoms with Crippen molar-refractivity contribution in [2.75, 3.05) is 33.5 Å². The van der Waals surface area contributed by atoms with Gasteiger partial charge in [0.2, 0.25) is 0 Å². The van der Waals surface area contributed by atoms with E-state index in [2.05, 4.69) is 29.6 Å². The van der Waals surface area contributed by atoms with E-state index in [-0.39, 0.29) is 0 Å². The van der Waals surface area contributed by atoms with Gasteiger partial charge in [-0.3, -0.25) is 0 Å². The first-order valence-corrected chi connectivity index (χ1v) is 7.84. The molecule has 0 aliphatic heterocycles. The van der Waals surface area contributed by atoms with Crippen LogP contribution < -0.4 is 5.32 Å². The van der Waals surface area contributed by atoms with Gasteiger partial charge in [-0.25, -0.2) is 0 Å². The zero-order valence-electron chi connectivity index (χ0n) is 13.0. The van der Waals surface area contributed by atoms with E-state index in [1.165, 1.54) is 24.0 Å². The Morgan fingerprint density at radius 1 is 0.952 bits per heavy atom. The van der Waals surface area contributed by atoms with Gasteiger partial charge in [-0.15, -0.1) is 0 Å². The smallest absolute Gasteiger partial charge is 0.0718 e. The molecule has 0 spiro atoms. The largest absolute Gasteiger partial charge is 0.385 e. The van der Waals surface area contributed by atoms with E-state index in [1.54, 1.807) is 7.11 Å². The minimum absolute atomic E-state index is 0.637. The molecule has 0 amide bonds.